The Morgan fingerprint density at radius 2 is 1.68 bits per heavy atom. The molecule has 1 N–H and O–H groups in total. The highest BCUT2D eigenvalue weighted by atomic mass is 16.5. The zero-order chi connectivity index (χ0) is 19.2. The fraction of sp³-hybridized carbons (Fsp3) is 0.0455. The lowest BCUT2D eigenvalue weighted by molar-refractivity contribution is 0.102. The Labute approximate surface area is 161 Å². The summed E-state index contributed by atoms with van der Waals surface area (Å²) >= 11 is 0. The van der Waals surface area contributed by atoms with Gasteiger partial charge in [0.15, 0.2) is 0 Å². The van der Waals surface area contributed by atoms with Crippen LogP contribution in [0.2, 0.25) is 0 Å². The highest BCUT2D eigenvalue weighted by Gasteiger charge is 2.07. The molecule has 4 rings (SSSR count). The van der Waals surface area contributed by atoms with Gasteiger partial charge in [-0.15, -0.1) is 10.2 Å². The molecule has 0 aliphatic heterocycles. The summed E-state index contributed by atoms with van der Waals surface area (Å²) in [6.07, 6.45) is 1.30. The van der Waals surface area contributed by atoms with Gasteiger partial charge in [0.05, 0.1) is 0 Å². The molecule has 3 aromatic carbocycles. The predicted octanol–water partition coefficient (Wildman–Crippen LogP) is 4.57. The number of hydrogen-bond donors (Lipinski definition) is 1. The molecular weight excluding hydrogens is 354 g/mol. The average Bonchev–Trinajstić information content (AvgIpc) is 3.29. The number of nitrogens with zero attached hydrogens (tertiary/aromatic N) is 2. The van der Waals surface area contributed by atoms with Crippen LogP contribution >= 0.6 is 0 Å². The number of amides is 1. The van der Waals surface area contributed by atoms with Crippen molar-refractivity contribution in [3.05, 3.63) is 96.4 Å². The van der Waals surface area contributed by atoms with Crippen LogP contribution in [0, 0.1) is 0 Å². The number of carbonyl (C=O) groups excluding carboxylic acids is 1. The Kier molecular flexibility index (Phi) is 5.11. The minimum absolute atomic E-state index is 0.143. The second kappa shape index (κ2) is 8.18. The van der Waals surface area contributed by atoms with Crippen molar-refractivity contribution in [3.63, 3.8) is 0 Å². The lowest BCUT2D eigenvalue weighted by atomic mass is 10.1. The quantitative estimate of drug-likeness (QED) is 0.537. The van der Waals surface area contributed by atoms with E-state index in [1.54, 1.807) is 12.1 Å². The lowest BCUT2D eigenvalue weighted by Crippen LogP contribution is -2.11. The summed E-state index contributed by atoms with van der Waals surface area (Å²) in [6.45, 7) is 0.403. The van der Waals surface area contributed by atoms with Crippen molar-refractivity contribution in [2.75, 3.05) is 5.32 Å². The van der Waals surface area contributed by atoms with Gasteiger partial charge in [-0.2, -0.15) is 0 Å². The third-order valence-electron chi connectivity index (χ3n) is 4.11. The maximum atomic E-state index is 12.3. The van der Waals surface area contributed by atoms with E-state index in [1.165, 1.54) is 6.39 Å². The molecule has 1 amide bonds. The second-order valence-corrected chi connectivity index (χ2v) is 6.07. The molecule has 138 valence electrons. The molecule has 0 aliphatic carbocycles. The summed E-state index contributed by atoms with van der Waals surface area (Å²) in [5, 5.41) is 10.4. The van der Waals surface area contributed by atoms with Crippen LogP contribution in [-0.4, -0.2) is 16.1 Å². The Balaban J connectivity index is 1.34. The van der Waals surface area contributed by atoms with Gasteiger partial charge in [-0.25, -0.2) is 0 Å². The molecule has 0 saturated heterocycles. The number of hydrogen-bond acceptors (Lipinski definition) is 5. The molecule has 6 heteroatoms. The maximum absolute atomic E-state index is 12.3. The first-order valence-electron chi connectivity index (χ1n) is 8.73. The van der Waals surface area contributed by atoms with Gasteiger partial charge in [0.25, 0.3) is 5.91 Å². The molecule has 0 radical (unpaired) electrons. The summed E-state index contributed by atoms with van der Waals surface area (Å²) in [7, 11) is 0. The minimum Gasteiger partial charge on any atom is -0.489 e. The average molecular weight is 371 g/mol. The molecule has 0 spiro atoms. The molecule has 28 heavy (non-hydrogen) atoms. The molecule has 1 heterocycles. The SMILES string of the molecule is O=C(Nc1ccccc1)c1ccc(COc2ccc(-c3nnco3)cc2)cc1. The number of ether oxygens (including phenoxy) is 1. The van der Waals surface area contributed by atoms with Crippen LogP contribution in [-0.2, 0) is 6.61 Å². The first-order valence-corrected chi connectivity index (χ1v) is 8.73. The van der Waals surface area contributed by atoms with Gasteiger partial charge < -0.3 is 14.5 Å². The first-order chi connectivity index (χ1) is 13.8. The minimum atomic E-state index is -0.143. The Bertz CT molecular complexity index is 1030. The number of rotatable bonds is 6. The summed E-state index contributed by atoms with van der Waals surface area (Å²) in [5.41, 5.74) is 3.16. The molecule has 0 unspecified atom stereocenters. The molecular formula is C22H17N3O3. The normalized spacial score (nSPS) is 10.4. The maximum Gasteiger partial charge on any atom is 0.255 e. The molecule has 0 atom stereocenters. The van der Waals surface area contributed by atoms with Crippen molar-refractivity contribution in [2.24, 2.45) is 0 Å². The first kappa shape index (κ1) is 17.5. The van der Waals surface area contributed by atoms with E-state index in [1.807, 2.05) is 66.7 Å². The van der Waals surface area contributed by atoms with Crippen LogP contribution in [0.4, 0.5) is 5.69 Å². The van der Waals surface area contributed by atoms with Gasteiger partial charge in [0.1, 0.15) is 12.4 Å². The molecule has 0 saturated carbocycles. The standard InChI is InChI=1S/C22H17N3O3/c26-21(24-19-4-2-1-3-5-19)17-8-6-16(7-9-17)14-27-20-12-10-18(11-13-20)22-25-23-15-28-22/h1-13,15H,14H2,(H,24,26). The fourth-order valence-electron chi connectivity index (χ4n) is 2.64. The van der Waals surface area contributed by atoms with E-state index in [0.717, 1.165) is 22.6 Å². The number of anilines is 1. The number of nitrogens with one attached hydrogen (secondary N) is 1. The van der Waals surface area contributed by atoms with Gasteiger partial charge in [-0.3, -0.25) is 4.79 Å². The third-order valence-corrected chi connectivity index (χ3v) is 4.11. The number of carbonyl (C=O) groups is 1. The Morgan fingerprint density at radius 1 is 0.929 bits per heavy atom. The van der Waals surface area contributed by atoms with Gasteiger partial charge in [-0.05, 0) is 54.1 Å². The van der Waals surface area contributed by atoms with E-state index in [2.05, 4.69) is 15.5 Å². The molecule has 6 nitrogen and oxygen atoms in total. The number of para-hydroxylation sites is 1. The highest BCUT2D eigenvalue weighted by Crippen LogP contribution is 2.21. The lowest BCUT2D eigenvalue weighted by Gasteiger charge is -2.08. The van der Waals surface area contributed by atoms with Crippen LogP contribution in [0.25, 0.3) is 11.5 Å². The Morgan fingerprint density at radius 3 is 2.36 bits per heavy atom. The molecule has 0 fully saturated rings. The zero-order valence-electron chi connectivity index (χ0n) is 14.9. The van der Waals surface area contributed by atoms with Crippen LogP contribution in [0.1, 0.15) is 15.9 Å². The van der Waals surface area contributed by atoms with E-state index in [4.69, 9.17) is 9.15 Å². The van der Waals surface area contributed by atoms with E-state index in [9.17, 15) is 4.79 Å². The monoisotopic (exact) mass is 371 g/mol. The van der Waals surface area contributed by atoms with Crippen molar-refractivity contribution in [1.82, 2.24) is 10.2 Å². The van der Waals surface area contributed by atoms with Gasteiger partial charge >= 0.3 is 0 Å². The summed E-state index contributed by atoms with van der Waals surface area (Å²) in [5.74, 6) is 1.06. The smallest absolute Gasteiger partial charge is 0.255 e. The van der Waals surface area contributed by atoms with Crippen molar-refractivity contribution in [3.8, 4) is 17.2 Å². The van der Waals surface area contributed by atoms with E-state index < -0.39 is 0 Å². The predicted molar refractivity (Wildman–Crippen MR) is 105 cm³/mol. The van der Waals surface area contributed by atoms with Crippen molar-refractivity contribution >= 4 is 11.6 Å². The van der Waals surface area contributed by atoms with Crippen LogP contribution in [0.5, 0.6) is 5.75 Å². The van der Waals surface area contributed by atoms with Crippen molar-refractivity contribution < 1.29 is 13.9 Å². The fourth-order valence-corrected chi connectivity index (χ4v) is 2.64. The summed E-state index contributed by atoms with van der Waals surface area (Å²) < 4.78 is 11.0. The molecule has 1 aromatic heterocycles. The van der Waals surface area contributed by atoms with Crippen molar-refractivity contribution in [1.29, 1.82) is 0 Å². The summed E-state index contributed by atoms with van der Waals surface area (Å²) in [6, 6.07) is 24.1. The van der Waals surface area contributed by atoms with Crippen LogP contribution < -0.4 is 10.1 Å². The highest BCUT2D eigenvalue weighted by molar-refractivity contribution is 6.04. The van der Waals surface area contributed by atoms with Crippen LogP contribution in [0.3, 0.4) is 0 Å². The summed E-state index contributed by atoms with van der Waals surface area (Å²) in [4.78, 5) is 12.3. The van der Waals surface area contributed by atoms with Gasteiger partial charge in [0.2, 0.25) is 12.3 Å². The Hall–Kier alpha value is -3.93. The third kappa shape index (κ3) is 4.24. The van der Waals surface area contributed by atoms with E-state index in [0.29, 0.717) is 18.1 Å². The van der Waals surface area contributed by atoms with Gasteiger partial charge in [-0.1, -0.05) is 30.3 Å². The molecule has 4 aromatic rings. The second-order valence-electron chi connectivity index (χ2n) is 6.07. The van der Waals surface area contributed by atoms with E-state index in [-0.39, 0.29) is 5.91 Å². The molecule has 0 bridgehead atoms. The topological polar surface area (TPSA) is 77.2 Å². The molecule has 0 aliphatic rings. The van der Waals surface area contributed by atoms with E-state index >= 15 is 0 Å². The van der Waals surface area contributed by atoms with Crippen molar-refractivity contribution in [2.45, 2.75) is 6.61 Å². The number of aromatic nitrogens is 2. The largest absolute Gasteiger partial charge is 0.489 e. The number of benzene rings is 3. The van der Waals surface area contributed by atoms with Gasteiger partial charge in [0, 0.05) is 16.8 Å². The zero-order valence-corrected chi connectivity index (χ0v) is 14.9. The van der Waals surface area contributed by atoms with Crippen LogP contribution in [0.15, 0.2) is 89.7 Å².